The maximum absolute atomic E-state index is 11.6. The van der Waals surface area contributed by atoms with Crippen LogP contribution in [0.3, 0.4) is 0 Å². The Labute approximate surface area is 180 Å². The standard InChI is InChI=1S/C25H38O5/c1-16(26)29-14-13-25(28)12-9-22-20-6-5-18-15-19(30-17(2)27)7-10-23(18,3)21(20)8-11-24(22,25)4/h5,19-22,28H,6-15H2,1-4H3/t19-,20+,21-,22-,23+,24+,25-/m1/s1. The van der Waals surface area contributed by atoms with Gasteiger partial charge in [-0.05, 0) is 73.5 Å². The van der Waals surface area contributed by atoms with Crippen LogP contribution >= 0.6 is 0 Å². The lowest BCUT2D eigenvalue weighted by molar-refractivity contribution is -0.152. The Morgan fingerprint density at radius 3 is 2.50 bits per heavy atom. The Hall–Kier alpha value is -1.36. The number of hydrogen-bond donors (Lipinski definition) is 1. The van der Waals surface area contributed by atoms with Gasteiger partial charge in [0.2, 0.25) is 0 Å². The third kappa shape index (κ3) is 3.41. The average Bonchev–Trinajstić information content (AvgIpc) is 2.93. The van der Waals surface area contributed by atoms with Crippen LogP contribution in [0.15, 0.2) is 11.6 Å². The van der Waals surface area contributed by atoms with Gasteiger partial charge in [0.15, 0.2) is 0 Å². The minimum Gasteiger partial charge on any atom is -0.466 e. The van der Waals surface area contributed by atoms with Crippen LogP contribution in [-0.4, -0.2) is 35.4 Å². The van der Waals surface area contributed by atoms with E-state index in [0.29, 0.717) is 30.8 Å². The van der Waals surface area contributed by atoms with Crippen LogP contribution in [0, 0.1) is 28.6 Å². The second kappa shape index (κ2) is 7.65. The van der Waals surface area contributed by atoms with Gasteiger partial charge < -0.3 is 14.6 Å². The highest BCUT2D eigenvalue weighted by Gasteiger charge is 2.63. The monoisotopic (exact) mass is 418 g/mol. The first kappa shape index (κ1) is 21.9. The summed E-state index contributed by atoms with van der Waals surface area (Å²) in [7, 11) is 0. The zero-order chi connectivity index (χ0) is 21.7. The maximum Gasteiger partial charge on any atom is 0.302 e. The molecule has 0 heterocycles. The molecule has 5 heteroatoms. The topological polar surface area (TPSA) is 72.8 Å². The number of aliphatic hydroxyl groups is 1. The summed E-state index contributed by atoms with van der Waals surface area (Å²) in [6, 6.07) is 0. The Kier molecular flexibility index (Phi) is 5.57. The zero-order valence-electron chi connectivity index (χ0n) is 19.0. The first-order valence-electron chi connectivity index (χ1n) is 11.8. The van der Waals surface area contributed by atoms with E-state index in [-0.39, 0.29) is 28.9 Å². The molecule has 0 spiro atoms. The van der Waals surface area contributed by atoms with Crippen molar-refractivity contribution >= 4 is 11.9 Å². The van der Waals surface area contributed by atoms with Crippen LogP contribution in [0.5, 0.6) is 0 Å². The summed E-state index contributed by atoms with van der Waals surface area (Å²) in [5.74, 6) is 1.31. The number of carbonyl (C=O) groups excluding carboxylic acids is 2. The number of hydrogen-bond acceptors (Lipinski definition) is 5. The fraction of sp³-hybridized carbons (Fsp3) is 0.840. The molecule has 4 aliphatic carbocycles. The van der Waals surface area contributed by atoms with Gasteiger partial charge in [-0.3, -0.25) is 9.59 Å². The molecule has 0 aromatic carbocycles. The summed E-state index contributed by atoms with van der Waals surface area (Å²) in [6.07, 6.45) is 11.0. The minimum atomic E-state index is -0.740. The molecule has 0 bridgehead atoms. The first-order chi connectivity index (χ1) is 14.1. The highest BCUT2D eigenvalue weighted by molar-refractivity contribution is 5.66. The van der Waals surface area contributed by atoms with Gasteiger partial charge in [0.25, 0.3) is 0 Å². The number of ether oxygens (including phenoxy) is 2. The van der Waals surface area contributed by atoms with Crippen molar-refractivity contribution in [2.45, 2.75) is 97.2 Å². The SMILES string of the molecule is CC(=O)OCC[C@]1(O)CC[C@@H]2[C@H]3CC=C4C[C@H](OC(C)=O)CC[C@]4(C)[C@@H]3CC[C@@]21C. The molecule has 0 aliphatic heterocycles. The van der Waals surface area contributed by atoms with E-state index < -0.39 is 5.60 Å². The van der Waals surface area contributed by atoms with Crippen LogP contribution in [0.1, 0.15) is 85.5 Å². The quantitative estimate of drug-likeness (QED) is 0.535. The van der Waals surface area contributed by atoms with Crippen LogP contribution in [0.2, 0.25) is 0 Å². The number of fused-ring (bicyclic) bond motifs is 5. The number of rotatable bonds is 4. The van der Waals surface area contributed by atoms with Crippen molar-refractivity contribution in [3.63, 3.8) is 0 Å². The molecular formula is C25H38O5. The molecule has 0 radical (unpaired) electrons. The largest absolute Gasteiger partial charge is 0.466 e. The number of carbonyl (C=O) groups is 2. The minimum absolute atomic E-state index is 0.0325. The van der Waals surface area contributed by atoms with Gasteiger partial charge in [-0.1, -0.05) is 25.5 Å². The summed E-state index contributed by atoms with van der Waals surface area (Å²) in [6.45, 7) is 7.96. The van der Waals surface area contributed by atoms with Gasteiger partial charge in [-0.2, -0.15) is 0 Å². The predicted octanol–water partition coefficient (Wildman–Crippen LogP) is 4.57. The Bertz CT molecular complexity index is 744. The van der Waals surface area contributed by atoms with Crippen molar-refractivity contribution in [1.29, 1.82) is 0 Å². The summed E-state index contributed by atoms with van der Waals surface area (Å²) in [4.78, 5) is 22.6. The third-order valence-electron chi connectivity index (χ3n) is 9.53. The van der Waals surface area contributed by atoms with Crippen LogP contribution < -0.4 is 0 Å². The maximum atomic E-state index is 11.6. The molecule has 0 aromatic rings. The molecule has 0 unspecified atom stereocenters. The molecule has 30 heavy (non-hydrogen) atoms. The van der Waals surface area contributed by atoms with Crippen LogP contribution in [0.25, 0.3) is 0 Å². The van der Waals surface area contributed by atoms with Crippen molar-refractivity contribution in [2.75, 3.05) is 6.61 Å². The molecule has 4 aliphatic rings. The molecule has 7 atom stereocenters. The molecule has 0 amide bonds. The Morgan fingerprint density at radius 2 is 1.80 bits per heavy atom. The predicted molar refractivity (Wildman–Crippen MR) is 113 cm³/mol. The van der Waals surface area contributed by atoms with E-state index >= 15 is 0 Å². The van der Waals surface area contributed by atoms with E-state index in [2.05, 4.69) is 19.9 Å². The van der Waals surface area contributed by atoms with Crippen LogP contribution in [0.4, 0.5) is 0 Å². The smallest absolute Gasteiger partial charge is 0.302 e. The lowest BCUT2D eigenvalue weighted by atomic mass is 9.47. The fourth-order valence-corrected chi connectivity index (χ4v) is 7.85. The number of esters is 2. The molecule has 3 saturated carbocycles. The lowest BCUT2D eigenvalue weighted by Crippen LogP contribution is -2.55. The third-order valence-corrected chi connectivity index (χ3v) is 9.53. The van der Waals surface area contributed by atoms with Crippen molar-refractivity contribution in [1.82, 2.24) is 0 Å². The van der Waals surface area contributed by atoms with E-state index in [1.54, 1.807) is 0 Å². The van der Waals surface area contributed by atoms with E-state index in [1.807, 2.05) is 0 Å². The van der Waals surface area contributed by atoms with Crippen molar-refractivity contribution in [2.24, 2.45) is 28.6 Å². The van der Waals surface area contributed by atoms with E-state index in [0.717, 1.165) is 51.4 Å². The number of allylic oxidation sites excluding steroid dienone is 1. The van der Waals surface area contributed by atoms with Gasteiger partial charge in [0.05, 0.1) is 12.2 Å². The average molecular weight is 419 g/mol. The summed E-state index contributed by atoms with van der Waals surface area (Å²) < 4.78 is 10.7. The van der Waals surface area contributed by atoms with Crippen LogP contribution in [-0.2, 0) is 19.1 Å². The van der Waals surface area contributed by atoms with Gasteiger partial charge >= 0.3 is 11.9 Å². The summed E-state index contributed by atoms with van der Waals surface area (Å²) in [5, 5.41) is 11.6. The molecule has 4 rings (SSSR count). The lowest BCUT2D eigenvalue weighted by Gasteiger charge is -2.59. The zero-order valence-corrected chi connectivity index (χ0v) is 19.0. The fourth-order valence-electron chi connectivity index (χ4n) is 7.85. The van der Waals surface area contributed by atoms with Gasteiger partial charge in [0, 0.05) is 26.7 Å². The van der Waals surface area contributed by atoms with Crippen molar-refractivity contribution in [3.8, 4) is 0 Å². The molecule has 168 valence electrons. The second-order valence-corrected chi connectivity index (χ2v) is 10.9. The second-order valence-electron chi connectivity index (χ2n) is 10.9. The molecule has 5 nitrogen and oxygen atoms in total. The highest BCUT2D eigenvalue weighted by Crippen LogP contribution is 2.67. The normalized spacial score (nSPS) is 44.9. The molecule has 1 N–H and O–H groups in total. The molecule has 0 aromatic heterocycles. The van der Waals surface area contributed by atoms with E-state index in [4.69, 9.17) is 9.47 Å². The van der Waals surface area contributed by atoms with Gasteiger partial charge in [-0.15, -0.1) is 0 Å². The van der Waals surface area contributed by atoms with Crippen molar-refractivity contribution in [3.05, 3.63) is 11.6 Å². The molecule has 3 fully saturated rings. The molecule has 0 saturated heterocycles. The highest BCUT2D eigenvalue weighted by atomic mass is 16.5. The van der Waals surface area contributed by atoms with E-state index in [1.165, 1.54) is 19.4 Å². The van der Waals surface area contributed by atoms with E-state index in [9.17, 15) is 14.7 Å². The summed E-state index contributed by atoms with van der Waals surface area (Å²) >= 11 is 0. The first-order valence-corrected chi connectivity index (χ1v) is 11.8. The van der Waals surface area contributed by atoms with Gasteiger partial charge in [-0.25, -0.2) is 0 Å². The Morgan fingerprint density at radius 1 is 1.07 bits per heavy atom. The Balaban J connectivity index is 1.52. The van der Waals surface area contributed by atoms with Gasteiger partial charge in [0.1, 0.15) is 6.10 Å². The van der Waals surface area contributed by atoms with Crippen molar-refractivity contribution < 1.29 is 24.2 Å². The molecular weight excluding hydrogens is 380 g/mol. The summed E-state index contributed by atoms with van der Waals surface area (Å²) in [5.41, 5.74) is 0.841.